The topological polar surface area (TPSA) is 66.6 Å². The van der Waals surface area contributed by atoms with Crippen LogP contribution in [0.5, 0.6) is 0 Å². The second-order valence-corrected chi connectivity index (χ2v) is 9.36. The molecule has 0 aromatic rings. The fourth-order valence-electron chi connectivity index (χ4n) is 3.61. The van der Waals surface area contributed by atoms with E-state index >= 15 is 0 Å². The van der Waals surface area contributed by atoms with E-state index in [1.54, 1.807) is 15.7 Å². The molecule has 1 atom stereocenters. The summed E-state index contributed by atoms with van der Waals surface area (Å²) in [6.45, 7) is 5.58. The molecule has 2 fully saturated rings. The Bertz CT molecular complexity index is 440. The standard InChI is InChI=1S/C15H31N3O2S/c1-15(2)9-7-13(8-10-15)17(3)21(19,20)18-11-5-4-6-14(18)12-16/h13-14H,4-12,16H2,1-3H3. The monoisotopic (exact) mass is 317 g/mol. The first-order chi connectivity index (χ1) is 9.78. The highest BCUT2D eigenvalue weighted by Gasteiger charge is 2.39. The molecule has 21 heavy (non-hydrogen) atoms. The summed E-state index contributed by atoms with van der Waals surface area (Å²) in [7, 11) is -1.62. The lowest BCUT2D eigenvalue weighted by Gasteiger charge is -2.42. The van der Waals surface area contributed by atoms with E-state index in [9.17, 15) is 8.42 Å². The zero-order valence-corrected chi connectivity index (χ0v) is 14.5. The van der Waals surface area contributed by atoms with Crippen molar-refractivity contribution >= 4 is 10.2 Å². The summed E-state index contributed by atoms with van der Waals surface area (Å²) >= 11 is 0. The van der Waals surface area contributed by atoms with E-state index in [4.69, 9.17) is 5.73 Å². The Morgan fingerprint density at radius 1 is 1.19 bits per heavy atom. The maximum absolute atomic E-state index is 12.9. The fraction of sp³-hybridized carbons (Fsp3) is 1.00. The lowest BCUT2D eigenvalue weighted by molar-refractivity contribution is 0.161. The maximum Gasteiger partial charge on any atom is 0.282 e. The van der Waals surface area contributed by atoms with Crippen LogP contribution in [0.25, 0.3) is 0 Å². The molecule has 0 amide bonds. The second kappa shape index (κ2) is 6.52. The number of hydrogen-bond donors (Lipinski definition) is 1. The number of hydrogen-bond acceptors (Lipinski definition) is 3. The van der Waals surface area contributed by atoms with Crippen molar-refractivity contribution in [2.75, 3.05) is 20.1 Å². The van der Waals surface area contributed by atoms with Crippen LogP contribution in [-0.4, -0.2) is 49.2 Å². The Hall–Kier alpha value is -0.170. The molecular weight excluding hydrogens is 286 g/mol. The van der Waals surface area contributed by atoms with Crippen LogP contribution in [0.3, 0.4) is 0 Å². The van der Waals surface area contributed by atoms with Gasteiger partial charge in [0.2, 0.25) is 0 Å². The van der Waals surface area contributed by atoms with Gasteiger partial charge in [0.25, 0.3) is 10.2 Å². The molecule has 6 heteroatoms. The molecular formula is C15H31N3O2S. The van der Waals surface area contributed by atoms with Crippen molar-refractivity contribution in [3.8, 4) is 0 Å². The van der Waals surface area contributed by atoms with Gasteiger partial charge in [-0.3, -0.25) is 0 Å². The first-order valence-electron chi connectivity index (χ1n) is 8.23. The molecule has 1 saturated carbocycles. The zero-order valence-electron chi connectivity index (χ0n) is 13.7. The van der Waals surface area contributed by atoms with Crippen molar-refractivity contribution in [3.05, 3.63) is 0 Å². The predicted molar refractivity (Wildman–Crippen MR) is 86.1 cm³/mol. The van der Waals surface area contributed by atoms with E-state index < -0.39 is 10.2 Å². The fourth-order valence-corrected chi connectivity index (χ4v) is 5.46. The molecule has 0 aromatic carbocycles. The third-order valence-electron chi connectivity index (χ3n) is 5.33. The van der Waals surface area contributed by atoms with Gasteiger partial charge in [0.1, 0.15) is 0 Å². The second-order valence-electron chi connectivity index (χ2n) is 7.42. The summed E-state index contributed by atoms with van der Waals surface area (Å²) in [6, 6.07) is 0.120. The van der Waals surface area contributed by atoms with Crippen LogP contribution in [0.2, 0.25) is 0 Å². The number of nitrogens with two attached hydrogens (primary N) is 1. The van der Waals surface area contributed by atoms with Gasteiger partial charge in [-0.05, 0) is 43.9 Å². The van der Waals surface area contributed by atoms with E-state index in [2.05, 4.69) is 13.8 Å². The molecule has 5 nitrogen and oxygen atoms in total. The number of nitrogens with zero attached hydrogens (tertiary/aromatic N) is 2. The highest BCUT2D eigenvalue weighted by Crippen LogP contribution is 2.37. The minimum Gasteiger partial charge on any atom is -0.329 e. The summed E-state index contributed by atoms with van der Waals surface area (Å²) in [5, 5.41) is 0. The summed E-state index contributed by atoms with van der Waals surface area (Å²) in [4.78, 5) is 0. The molecule has 1 aliphatic heterocycles. The third-order valence-corrected chi connectivity index (χ3v) is 7.43. The molecule has 1 unspecified atom stereocenters. The molecule has 2 N–H and O–H groups in total. The van der Waals surface area contributed by atoms with E-state index in [1.165, 1.54) is 0 Å². The number of rotatable bonds is 4. The van der Waals surface area contributed by atoms with Crippen LogP contribution in [-0.2, 0) is 10.2 Å². The highest BCUT2D eigenvalue weighted by atomic mass is 32.2. The van der Waals surface area contributed by atoms with Gasteiger partial charge in [-0.15, -0.1) is 0 Å². The molecule has 2 aliphatic rings. The highest BCUT2D eigenvalue weighted by molar-refractivity contribution is 7.86. The van der Waals surface area contributed by atoms with Gasteiger partial charge in [0.05, 0.1) is 0 Å². The van der Waals surface area contributed by atoms with Crippen molar-refractivity contribution in [2.24, 2.45) is 11.1 Å². The van der Waals surface area contributed by atoms with Crippen LogP contribution in [0.1, 0.15) is 58.8 Å². The summed E-state index contributed by atoms with van der Waals surface area (Å²) < 4.78 is 29.1. The van der Waals surface area contributed by atoms with Crippen molar-refractivity contribution in [1.82, 2.24) is 8.61 Å². The molecule has 1 heterocycles. The SMILES string of the molecule is CN(C1CCC(C)(C)CC1)S(=O)(=O)N1CCCCC1CN. The van der Waals surface area contributed by atoms with Gasteiger partial charge < -0.3 is 5.73 Å². The van der Waals surface area contributed by atoms with Gasteiger partial charge in [-0.1, -0.05) is 20.3 Å². The van der Waals surface area contributed by atoms with Gasteiger partial charge in [-0.2, -0.15) is 17.0 Å². The average molecular weight is 317 g/mol. The first kappa shape index (κ1) is 17.2. The third kappa shape index (κ3) is 3.78. The Balaban J connectivity index is 2.08. The normalized spacial score (nSPS) is 28.9. The lowest BCUT2D eigenvalue weighted by atomic mass is 9.76. The Kier molecular flexibility index (Phi) is 5.34. The van der Waals surface area contributed by atoms with Crippen LogP contribution in [0.15, 0.2) is 0 Å². The average Bonchev–Trinajstić information content (AvgIpc) is 2.46. The van der Waals surface area contributed by atoms with Crippen molar-refractivity contribution in [1.29, 1.82) is 0 Å². The molecule has 0 bridgehead atoms. The Labute approximate surface area is 130 Å². The van der Waals surface area contributed by atoms with Crippen LogP contribution < -0.4 is 5.73 Å². The van der Waals surface area contributed by atoms with Crippen LogP contribution in [0, 0.1) is 5.41 Å². The summed E-state index contributed by atoms with van der Waals surface area (Å²) in [5.74, 6) is 0. The molecule has 0 spiro atoms. The van der Waals surface area contributed by atoms with Crippen molar-refractivity contribution in [3.63, 3.8) is 0 Å². The molecule has 1 aliphatic carbocycles. The van der Waals surface area contributed by atoms with Gasteiger partial charge in [0, 0.05) is 32.2 Å². The van der Waals surface area contributed by atoms with Crippen LogP contribution >= 0.6 is 0 Å². The van der Waals surface area contributed by atoms with Crippen molar-refractivity contribution < 1.29 is 8.42 Å². The van der Waals surface area contributed by atoms with Crippen molar-refractivity contribution in [2.45, 2.75) is 70.9 Å². The van der Waals surface area contributed by atoms with E-state index in [1.807, 2.05) is 0 Å². The molecule has 2 rings (SSSR count). The minimum atomic E-state index is -3.37. The first-order valence-corrected chi connectivity index (χ1v) is 9.62. The van der Waals surface area contributed by atoms with Gasteiger partial charge in [0.15, 0.2) is 0 Å². The van der Waals surface area contributed by atoms with E-state index in [0.29, 0.717) is 18.5 Å². The summed E-state index contributed by atoms with van der Waals surface area (Å²) in [6.07, 6.45) is 7.03. The molecule has 0 radical (unpaired) electrons. The van der Waals surface area contributed by atoms with Gasteiger partial charge in [-0.25, -0.2) is 0 Å². The molecule has 1 saturated heterocycles. The summed E-state index contributed by atoms with van der Waals surface area (Å²) in [5.41, 5.74) is 6.13. The Morgan fingerprint density at radius 3 is 2.38 bits per heavy atom. The number of piperidine rings is 1. The van der Waals surface area contributed by atoms with E-state index in [-0.39, 0.29) is 12.1 Å². The predicted octanol–water partition coefficient (Wildman–Crippen LogP) is 1.95. The quantitative estimate of drug-likeness (QED) is 0.862. The minimum absolute atomic E-state index is 0.0220. The zero-order chi connectivity index (χ0) is 15.7. The molecule has 124 valence electrons. The van der Waals surface area contributed by atoms with Gasteiger partial charge >= 0.3 is 0 Å². The smallest absolute Gasteiger partial charge is 0.282 e. The van der Waals surface area contributed by atoms with Crippen LogP contribution in [0.4, 0.5) is 0 Å². The Morgan fingerprint density at radius 2 is 1.81 bits per heavy atom. The largest absolute Gasteiger partial charge is 0.329 e. The molecule has 0 aromatic heterocycles. The lowest BCUT2D eigenvalue weighted by Crippen LogP contribution is -2.54. The maximum atomic E-state index is 12.9. The van der Waals surface area contributed by atoms with E-state index in [0.717, 1.165) is 44.9 Å².